The van der Waals surface area contributed by atoms with E-state index < -0.39 is 16.0 Å². The second-order valence-corrected chi connectivity index (χ2v) is 5.49. The van der Waals surface area contributed by atoms with Gasteiger partial charge < -0.3 is 5.11 Å². The summed E-state index contributed by atoms with van der Waals surface area (Å²) in [5.41, 5.74) is 0. The van der Waals surface area contributed by atoms with Crippen molar-refractivity contribution < 1.29 is 18.3 Å². The first-order valence-corrected chi connectivity index (χ1v) is 6.55. The Bertz CT molecular complexity index is 631. The summed E-state index contributed by atoms with van der Waals surface area (Å²) in [5.74, 6) is -1.20. The third-order valence-electron chi connectivity index (χ3n) is 1.74. The van der Waals surface area contributed by atoms with Crippen LogP contribution in [0.15, 0.2) is 22.7 Å². The van der Waals surface area contributed by atoms with E-state index in [1.54, 1.807) is 0 Å². The summed E-state index contributed by atoms with van der Waals surface area (Å²) >= 11 is 0.832. The van der Waals surface area contributed by atoms with Crippen LogP contribution in [0.3, 0.4) is 0 Å². The van der Waals surface area contributed by atoms with Crippen molar-refractivity contribution in [2.75, 3.05) is 4.72 Å². The fourth-order valence-electron chi connectivity index (χ4n) is 1.01. The third-order valence-corrected chi connectivity index (χ3v) is 4.13. The van der Waals surface area contributed by atoms with E-state index in [1.165, 1.54) is 5.38 Å². The fraction of sp³-hybridized carbons (Fsp3) is 0. The first-order chi connectivity index (χ1) is 7.99. The van der Waals surface area contributed by atoms with Crippen molar-refractivity contribution in [2.24, 2.45) is 0 Å². The number of rotatable bonds is 4. The van der Waals surface area contributed by atoms with Gasteiger partial charge >= 0.3 is 5.97 Å². The van der Waals surface area contributed by atoms with Crippen LogP contribution in [0, 0.1) is 0 Å². The Kier molecular flexibility index (Phi) is 2.81. The molecular formula is C7H6N4O4S2. The third kappa shape index (κ3) is 2.42. The predicted octanol–water partition coefficient (Wildman–Crippen LogP) is 0.365. The highest BCUT2D eigenvalue weighted by Gasteiger charge is 2.19. The molecule has 0 unspecified atom stereocenters. The number of sulfonamides is 1. The number of aromatic amines is 1. The molecule has 0 bridgehead atoms. The maximum Gasteiger partial charge on any atom is 0.345 e. The van der Waals surface area contributed by atoms with Gasteiger partial charge in [0.25, 0.3) is 10.0 Å². The minimum Gasteiger partial charge on any atom is -0.477 e. The van der Waals surface area contributed by atoms with Crippen molar-refractivity contribution in [3.63, 3.8) is 0 Å². The second kappa shape index (κ2) is 4.14. The Morgan fingerprint density at radius 1 is 1.53 bits per heavy atom. The van der Waals surface area contributed by atoms with Gasteiger partial charge in [0.05, 0.1) is 4.90 Å². The lowest BCUT2D eigenvalue weighted by Crippen LogP contribution is -2.13. The lowest BCUT2D eigenvalue weighted by Gasteiger charge is -2.01. The van der Waals surface area contributed by atoms with Crippen LogP contribution in [0.4, 0.5) is 5.95 Å². The molecule has 0 aliphatic rings. The van der Waals surface area contributed by atoms with E-state index in [1.807, 2.05) is 0 Å². The zero-order valence-electron chi connectivity index (χ0n) is 8.11. The monoisotopic (exact) mass is 274 g/mol. The Balaban J connectivity index is 2.28. The molecule has 0 atom stereocenters. The number of H-pyrrole nitrogens is 1. The van der Waals surface area contributed by atoms with Gasteiger partial charge in [-0.15, -0.1) is 11.3 Å². The number of nitrogens with zero attached hydrogens (tertiary/aromatic N) is 2. The zero-order chi connectivity index (χ0) is 12.5. The van der Waals surface area contributed by atoms with Crippen LogP contribution < -0.4 is 4.72 Å². The number of aromatic nitrogens is 3. The van der Waals surface area contributed by atoms with Crippen molar-refractivity contribution in [1.29, 1.82) is 0 Å². The summed E-state index contributed by atoms with van der Waals surface area (Å²) in [6, 6.07) is 1.08. The number of anilines is 1. The molecule has 90 valence electrons. The molecule has 0 amide bonds. The molecule has 3 N–H and O–H groups in total. The van der Waals surface area contributed by atoms with Crippen LogP contribution in [0.2, 0.25) is 0 Å². The molecule has 0 aliphatic heterocycles. The standard InChI is InChI=1S/C7H6N4O4S2/c12-6(13)5-1-4(2-16-5)17(14,15)11-7-8-3-9-10-7/h1-3H,(H,12,13)(H2,8,9,10,11). The molecule has 0 saturated carbocycles. The SMILES string of the molecule is O=C(O)c1cc(S(=O)(=O)Nc2ncn[nH]2)cs1. The summed E-state index contributed by atoms with van der Waals surface area (Å²) in [6.07, 6.45) is 1.15. The number of nitrogens with one attached hydrogen (secondary N) is 2. The van der Waals surface area contributed by atoms with E-state index in [2.05, 4.69) is 19.9 Å². The van der Waals surface area contributed by atoms with Crippen molar-refractivity contribution >= 4 is 33.3 Å². The molecule has 17 heavy (non-hydrogen) atoms. The van der Waals surface area contributed by atoms with Gasteiger partial charge in [0.15, 0.2) is 0 Å². The Hall–Kier alpha value is -1.94. The average Bonchev–Trinajstić information content (AvgIpc) is 2.84. The van der Waals surface area contributed by atoms with E-state index in [9.17, 15) is 13.2 Å². The van der Waals surface area contributed by atoms with E-state index in [-0.39, 0.29) is 15.7 Å². The van der Waals surface area contributed by atoms with E-state index >= 15 is 0 Å². The van der Waals surface area contributed by atoms with Crippen molar-refractivity contribution in [1.82, 2.24) is 15.2 Å². The Morgan fingerprint density at radius 3 is 2.82 bits per heavy atom. The van der Waals surface area contributed by atoms with Gasteiger partial charge in [0.1, 0.15) is 11.2 Å². The summed E-state index contributed by atoms with van der Waals surface area (Å²) in [7, 11) is -3.83. The van der Waals surface area contributed by atoms with E-state index in [0.717, 1.165) is 23.7 Å². The van der Waals surface area contributed by atoms with Crippen LogP contribution in [0.25, 0.3) is 0 Å². The van der Waals surface area contributed by atoms with Crippen molar-refractivity contribution in [3.8, 4) is 0 Å². The average molecular weight is 274 g/mol. The molecule has 0 radical (unpaired) electrons. The Labute approximate surface area is 99.4 Å². The molecular weight excluding hydrogens is 268 g/mol. The van der Waals surface area contributed by atoms with Crippen LogP contribution in [-0.2, 0) is 10.0 Å². The van der Waals surface area contributed by atoms with Gasteiger partial charge in [-0.1, -0.05) is 0 Å². The summed E-state index contributed by atoms with van der Waals surface area (Å²) < 4.78 is 25.6. The number of carboxylic acids is 1. The smallest absolute Gasteiger partial charge is 0.345 e. The number of hydrogen-bond donors (Lipinski definition) is 3. The first kappa shape index (κ1) is 11.5. The minimum atomic E-state index is -3.83. The topological polar surface area (TPSA) is 125 Å². The minimum absolute atomic E-state index is 0.0342. The molecule has 10 heteroatoms. The quantitative estimate of drug-likeness (QED) is 0.739. The number of aromatic carboxylic acids is 1. The lowest BCUT2D eigenvalue weighted by atomic mass is 10.5. The summed E-state index contributed by atoms with van der Waals surface area (Å²) in [6.45, 7) is 0. The summed E-state index contributed by atoms with van der Waals surface area (Å²) in [5, 5.41) is 15.7. The fourth-order valence-corrected chi connectivity index (χ4v) is 3.09. The van der Waals surface area contributed by atoms with Crippen LogP contribution in [0.5, 0.6) is 0 Å². The van der Waals surface area contributed by atoms with E-state index in [4.69, 9.17) is 5.11 Å². The zero-order valence-corrected chi connectivity index (χ0v) is 9.75. The Morgan fingerprint density at radius 2 is 2.29 bits per heavy atom. The number of hydrogen-bond acceptors (Lipinski definition) is 6. The molecule has 0 aliphatic carbocycles. The molecule has 0 saturated heterocycles. The largest absolute Gasteiger partial charge is 0.477 e. The molecule has 0 spiro atoms. The predicted molar refractivity (Wildman–Crippen MR) is 58.5 cm³/mol. The number of carbonyl (C=O) groups is 1. The van der Waals surface area contributed by atoms with Crippen molar-refractivity contribution in [3.05, 3.63) is 22.7 Å². The van der Waals surface area contributed by atoms with Gasteiger partial charge in [0, 0.05) is 5.38 Å². The van der Waals surface area contributed by atoms with E-state index in [0.29, 0.717) is 0 Å². The lowest BCUT2D eigenvalue weighted by molar-refractivity contribution is 0.0702. The van der Waals surface area contributed by atoms with Crippen LogP contribution >= 0.6 is 11.3 Å². The highest BCUT2D eigenvalue weighted by atomic mass is 32.2. The number of thiophene rings is 1. The van der Waals surface area contributed by atoms with Crippen LogP contribution in [-0.4, -0.2) is 34.7 Å². The normalized spacial score (nSPS) is 11.3. The first-order valence-electron chi connectivity index (χ1n) is 4.19. The van der Waals surface area contributed by atoms with Gasteiger partial charge in [-0.3, -0.25) is 0 Å². The number of carboxylic acid groups (broad SMARTS) is 1. The molecule has 2 rings (SSSR count). The molecule has 2 aromatic heterocycles. The highest BCUT2D eigenvalue weighted by Crippen LogP contribution is 2.20. The van der Waals surface area contributed by atoms with Gasteiger partial charge in [-0.25, -0.2) is 23.0 Å². The second-order valence-electron chi connectivity index (χ2n) is 2.89. The molecule has 2 aromatic rings. The molecule has 8 nitrogen and oxygen atoms in total. The maximum absolute atomic E-state index is 11.8. The molecule has 0 fully saturated rings. The van der Waals surface area contributed by atoms with Crippen molar-refractivity contribution in [2.45, 2.75) is 4.90 Å². The molecule has 2 heterocycles. The summed E-state index contributed by atoms with van der Waals surface area (Å²) in [4.78, 5) is 14.0. The van der Waals surface area contributed by atoms with Crippen LogP contribution in [0.1, 0.15) is 9.67 Å². The van der Waals surface area contributed by atoms with Gasteiger partial charge in [-0.05, 0) is 6.07 Å². The highest BCUT2D eigenvalue weighted by molar-refractivity contribution is 7.92. The van der Waals surface area contributed by atoms with Gasteiger partial charge in [-0.2, -0.15) is 10.1 Å². The maximum atomic E-state index is 11.8. The molecule has 0 aromatic carbocycles. The van der Waals surface area contributed by atoms with Gasteiger partial charge in [0.2, 0.25) is 5.95 Å².